The van der Waals surface area contributed by atoms with Crippen LogP contribution in [0.5, 0.6) is 0 Å². The maximum absolute atomic E-state index is 12.4. The van der Waals surface area contributed by atoms with E-state index in [1.54, 1.807) is 0 Å². The Kier molecular flexibility index (Phi) is 14.3. The zero-order chi connectivity index (χ0) is 33.2. The van der Waals surface area contributed by atoms with Gasteiger partial charge in [0.25, 0.3) is 0 Å². The van der Waals surface area contributed by atoms with E-state index in [4.69, 9.17) is 0 Å². The molecule has 0 bridgehead atoms. The fourth-order valence-corrected chi connectivity index (χ4v) is 7.83. The third-order valence-electron chi connectivity index (χ3n) is 8.25. The third kappa shape index (κ3) is 11.1. The Balaban J connectivity index is 1.95. The molecule has 0 radical (unpaired) electrons. The van der Waals surface area contributed by atoms with Gasteiger partial charge >= 0.3 is 0 Å². The van der Waals surface area contributed by atoms with Crippen molar-refractivity contribution in [1.29, 1.82) is 0 Å². The molecular weight excluding hydrogens is 672 g/mol. The Morgan fingerprint density at radius 3 is 1.20 bits per heavy atom. The van der Waals surface area contributed by atoms with Gasteiger partial charge in [-0.25, -0.2) is 0 Å². The fourth-order valence-electron chi connectivity index (χ4n) is 5.52. The molecule has 0 saturated carbocycles. The summed E-state index contributed by atoms with van der Waals surface area (Å²) in [7, 11) is 0. The number of allylic oxidation sites excluding steroid dienone is 22. The molecular formula is C40H50Br2O2. The smallest absolute Gasteiger partial charge is 0.172 e. The van der Waals surface area contributed by atoms with Crippen LogP contribution in [0.2, 0.25) is 0 Å². The van der Waals surface area contributed by atoms with Gasteiger partial charge in [-0.15, -0.1) is 0 Å². The van der Waals surface area contributed by atoms with E-state index in [1.165, 1.54) is 0 Å². The molecule has 0 spiro atoms. The van der Waals surface area contributed by atoms with Crippen molar-refractivity contribution < 1.29 is 9.59 Å². The first-order valence-corrected chi connectivity index (χ1v) is 17.2. The highest BCUT2D eigenvalue weighted by atomic mass is 79.9. The van der Waals surface area contributed by atoms with Crippen molar-refractivity contribution >= 4 is 43.4 Å². The summed E-state index contributed by atoms with van der Waals surface area (Å²) < 4.78 is 0. The summed E-state index contributed by atoms with van der Waals surface area (Å²) in [5.41, 5.74) is 8.45. The van der Waals surface area contributed by atoms with Crippen molar-refractivity contribution in [3.05, 3.63) is 130 Å². The molecule has 2 atom stereocenters. The molecule has 0 saturated heterocycles. The predicted octanol–water partition coefficient (Wildman–Crippen LogP) is 11.7. The summed E-state index contributed by atoms with van der Waals surface area (Å²) in [6, 6.07) is 0. The molecule has 2 rings (SSSR count). The third-order valence-corrected chi connectivity index (χ3v) is 9.72. The standard InChI is InChI=1S/C40H50Br2O2/c1-27(17-13-19-29(3)21-23-33-31(5)37(43)35(41)25-39(33,7)8)15-11-12-16-28(2)18-14-20-30(4)22-24-34-32(6)38(44)36(42)26-40(34,9)10/h11-24,35-36H,25-26H2,1-10H3/b12-11+,17-13+,18-14+,23-21+,24-22+,27-15+,28-16+,29-19+,30-20+. The van der Waals surface area contributed by atoms with Crippen LogP contribution in [0.15, 0.2) is 130 Å². The fraction of sp³-hybridized carbons (Fsp3) is 0.400. The van der Waals surface area contributed by atoms with E-state index in [-0.39, 0.29) is 32.1 Å². The van der Waals surface area contributed by atoms with Crippen molar-refractivity contribution in [2.24, 2.45) is 10.8 Å². The van der Waals surface area contributed by atoms with Crippen molar-refractivity contribution in [3.63, 3.8) is 0 Å². The molecule has 2 aliphatic rings. The van der Waals surface area contributed by atoms with Gasteiger partial charge in [0.05, 0.1) is 9.65 Å². The Labute approximate surface area is 283 Å². The maximum Gasteiger partial charge on any atom is 0.172 e. The molecule has 0 aliphatic heterocycles. The molecule has 0 aromatic carbocycles. The zero-order valence-corrected chi connectivity index (χ0v) is 31.4. The lowest BCUT2D eigenvalue weighted by atomic mass is 9.72. The summed E-state index contributed by atoms with van der Waals surface area (Å²) in [6.07, 6.45) is 30.8. The van der Waals surface area contributed by atoms with Gasteiger partial charge < -0.3 is 0 Å². The molecule has 0 aromatic rings. The first-order chi connectivity index (χ1) is 20.5. The van der Waals surface area contributed by atoms with Crippen molar-refractivity contribution in [1.82, 2.24) is 0 Å². The topological polar surface area (TPSA) is 34.1 Å². The second-order valence-electron chi connectivity index (χ2n) is 13.3. The molecule has 2 nitrogen and oxygen atoms in total. The molecule has 44 heavy (non-hydrogen) atoms. The summed E-state index contributed by atoms with van der Waals surface area (Å²) in [6.45, 7) is 21.0. The summed E-state index contributed by atoms with van der Waals surface area (Å²) in [4.78, 5) is 24.7. The van der Waals surface area contributed by atoms with E-state index in [0.29, 0.717) is 0 Å². The lowest BCUT2D eigenvalue weighted by molar-refractivity contribution is -0.116. The van der Waals surface area contributed by atoms with Crippen molar-refractivity contribution in [2.75, 3.05) is 0 Å². The van der Waals surface area contributed by atoms with Gasteiger partial charge in [-0.2, -0.15) is 0 Å². The van der Waals surface area contributed by atoms with Crippen LogP contribution < -0.4 is 0 Å². The second kappa shape index (κ2) is 16.7. The van der Waals surface area contributed by atoms with Crippen LogP contribution in [0.4, 0.5) is 0 Å². The van der Waals surface area contributed by atoms with Crippen LogP contribution in [0.1, 0.15) is 82.1 Å². The monoisotopic (exact) mass is 720 g/mol. The first kappa shape index (κ1) is 37.6. The Morgan fingerprint density at radius 2 is 0.864 bits per heavy atom. The number of ketones is 2. The molecule has 0 fully saturated rings. The van der Waals surface area contributed by atoms with Crippen LogP contribution in [0.25, 0.3) is 0 Å². The van der Waals surface area contributed by atoms with Gasteiger partial charge in [0.2, 0.25) is 0 Å². The van der Waals surface area contributed by atoms with Crippen LogP contribution in [-0.2, 0) is 9.59 Å². The van der Waals surface area contributed by atoms with Crippen LogP contribution in [-0.4, -0.2) is 21.2 Å². The molecule has 0 amide bonds. The van der Waals surface area contributed by atoms with E-state index in [1.807, 2.05) is 26.0 Å². The zero-order valence-electron chi connectivity index (χ0n) is 28.2. The van der Waals surface area contributed by atoms with Crippen molar-refractivity contribution in [3.8, 4) is 0 Å². The van der Waals surface area contributed by atoms with Crippen LogP contribution in [0, 0.1) is 10.8 Å². The molecule has 0 N–H and O–H groups in total. The minimum Gasteiger partial charge on any atom is -0.293 e. The average Bonchev–Trinajstić information content (AvgIpc) is 2.92. The van der Waals surface area contributed by atoms with Crippen LogP contribution in [0.3, 0.4) is 0 Å². The highest BCUT2D eigenvalue weighted by Crippen LogP contribution is 2.43. The minimum absolute atomic E-state index is 0.0369. The van der Waals surface area contributed by atoms with Gasteiger partial charge in [-0.05, 0) is 87.5 Å². The molecule has 236 valence electrons. The normalized spacial score (nSPS) is 24.5. The number of hydrogen-bond donors (Lipinski definition) is 0. The molecule has 0 heterocycles. The van der Waals surface area contributed by atoms with E-state index < -0.39 is 0 Å². The van der Waals surface area contributed by atoms with Gasteiger partial charge in [-0.1, -0.05) is 167 Å². The van der Waals surface area contributed by atoms with Crippen molar-refractivity contribution in [2.45, 2.75) is 91.7 Å². The lowest BCUT2D eigenvalue weighted by Gasteiger charge is -2.34. The molecule has 2 aliphatic carbocycles. The highest BCUT2D eigenvalue weighted by molar-refractivity contribution is 9.10. The van der Waals surface area contributed by atoms with E-state index >= 15 is 0 Å². The number of Topliss-reactive ketones (excluding diaryl/α,β-unsaturated/α-hetero) is 2. The van der Waals surface area contributed by atoms with Gasteiger partial charge in [0.1, 0.15) is 0 Å². The van der Waals surface area contributed by atoms with Gasteiger partial charge in [-0.3, -0.25) is 9.59 Å². The Morgan fingerprint density at radius 1 is 0.568 bits per heavy atom. The highest BCUT2D eigenvalue weighted by Gasteiger charge is 2.37. The molecule has 2 unspecified atom stereocenters. The van der Waals surface area contributed by atoms with Gasteiger partial charge in [0, 0.05) is 0 Å². The number of rotatable bonds is 10. The SMILES string of the molecule is CC1=C(/C=C/C(C)=C/C=C/C(C)=C/C=C/C=C(C)/C=C/C=C(C)/C=C/C2=C(C)C(=O)C(Br)CC2(C)C)C(C)(C)CC(Br)C1=O. The molecule has 0 aromatic heterocycles. The van der Waals surface area contributed by atoms with E-state index in [2.05, 4.69) is 160 Å². The maximum atomic E-state index is 12.4. The second-order valence-corrected chi connectivity index (χ2v) is 15.5. The largest absolute Gasteiger partial charge is 0.293 e. The number of carbonyl (C=O) groups excluding carboxylic acids is 2. The quantitative estimate of drug-likeness (QED) is 0.166. The number of carbonyl (C=O) groups is 2. The molecule has 4 heteroatoms. The minimum atomic E-state index is -0.0896. The van der Waals surface area contributed by atoms with E-state index in [0.717, 1.165) is 57.4 Å². The predicted molar refractivity (Wildman–Crippen MR) is 198 cm³/mol. The lowest BCUT2D eigenvalue weighted by Crippen LogP contribution is -2.32. The Hall–Kier alpha value is -2.56. The summed E-state index contributed by atoms with van der Waals surface area (Å²) in [5, 5.41) is 0. The number of alkyl halides is 2. The van der Waals surface area contributed by atoms with Gasteiger partial charge in [0.15, 0.2) is 11.6 Å². The average molecular weight is 723 g/mol. The summed E-state index contributed by atoms with van der Waals surface area (Å²) in [5.74, 6) is 0.382. The van der Waals surface area contributed by atoms with E-state index in [9.17, 15) is 9.59 Å². The number of halogens is 2. The number of hydrogen-bond acceptors (Lipinski definition) is 2. The Bertz CT molecular complexity index is 1350. The first-order valence-electron chi connectivity index (χ1n) is 15.3. The summed E-state index contributed by atoms with van der Waals surface area (Å²) >= 11 is 7.07. The van der Waals surface area contributed by atoms with Crippen LogP contribution >= 0.6 is 31.9 Å².